The van der Waals surface area contributed by atoms with Gasteiger partial charge in [-0.3, -0.25) is 0 Å². The summed E-state index contributed by atoms with van der Waals surface area (Å²) in [4.78, 5) is 3.20. The van der Waals surface area contributed by atoms with Crippen LogP contribution in [0.5, 0.6) is 0 Å². The van der Waals surface area contributed by atoms with Crippen LogP contribution in [-0.2, 0) is 0 Å². The van der Waals surface area contributed by atoms with Gasteiger partial charge in [0.25, 0.3) is 0 Å². The monoisotopic (exact) mass is 277 g/mol. The van der Waals surface area contributed by atoms with Gasteiger partial charge in [-0.2, -0.15) is 0 Å². The van der Waals surface area contributed by atoms with Crippen LogP contribution in [0, 0.1) is 3.70 Å². The molecule has 56 valence electrons. The maximum absolute atomic E-state index is 5.81. The molecule has 0 amide bonds. The van der Waals surface area contributed by atoms with Crippen LogP contribution in [-0.4, -0.2) is 4.98 Å². The molecule has 0 saturated carbocycles. The highest BCUT2D eigenvalue weighted by Gasteiger charge is 1.97. The third kappa shape index (κ3) is 1.37. The number of aromatic nitrogens is 1. The Bertz CT molecular complexity index is 394. The molecule has 2 rings (SSSR count). The lowest BCUT2D eigenvalue weighted by atomic mass is 10.2. The van der Waals surface area contributed by atoms with Crippen molar-refractivity contribution in [3.8, 4) is 0 Å². The number of aromatic amines is 1. The Balaban J connectivity index is 2.82. The molecule has 0 atom stereocenters. The van der Waals surface area contributed by atoms with Gasteiger partial charge in [0.15, 0.2) is 0 Å². The Morgan fingerprint density at radius 3 is 2.91 bits per heavy atom. The Morgan fingerprint density at radius 2 is 2.09 bits per heavy atom. The summed E-state index contributed by atoms with van der Waals surface area (Å²) in [5.41, 5.74) is 1.10. The van der Waals surface area contributed by atoms with E-state index < -0.39 is 0 Å². The first-order valence-corrected chi connectivity index (χ1v) is 4.65. The van der Waals surface area contributed by atoms with Crippen molar-refractivity contribution in [3.63, 3.8) is 0 Å². The Labute approximate surface area is 82.9 Å². The fourth-order valence-electron chi connectivity index (χ4n) is 1.06. The molecule has 0 spiro atoms. The summed E-state index contributed by atoms with van der Waals surface area (Å²) in [6.07, 6.45) is 0. The molecular weight excluding hydrogens is 272 g/mol. The zero-order valence-electron chi connectivity index (χ0n) is 5.57. The number of benzene rings is 1. The van der Waals surface area contributed by atoms with Crippen molar-refractivity contribution < 1.29 is 0 Å². The van der Waals surface area contributed by atoms with E-state index >= 15 is 0 Å². The molecule has 0 aliphatic carbocycles. The molecule has 1 nitrogen and oxygen atoms in total. The molecule has 2 aromatic rings. The second-order valence-corrected chi connectivity index (χ2v) is 3.95. The number of nitrogens with one attached hydrogen (secondary N) is 1. The third-order valence-electron chi connectivity index (χ3n) is 1.55. The van der Waals surface area contributed by atoms with E-state index in [0.29, 0.717) is 0 Å². The normalized spacial score (nSPS) is 10.7. The number of rotatable bonds is 0. The van der Waals surface area contributed by atoms with Crippen molar-refractivity contribution in [2.24, 2.45) is 0 Å². The quantitative estimate of drug-likeness (QED) is 0.710. The molecule has 0 unspecified atom stereocenters. The van der Waals surface area contributed by atoms with Crippen molar-refractivity contribution >= 4 is 45.1 Å². The number of fused-ring (bicyclic) bond motifs is 1. The van der Waals surface area contributed by atoms with Crippen LogP contribution in [0.3, 0.4) is 0 Å². The van der Waals surface area contributed by atoms with Crippen molar-refractivity contribution in [1.82, 2.24) is 4.98 Å². The van der Waals surface area contributed by atoms with Gasteiger partial charge in [0.05, 0.1) is 3.70 Å². The molecule has 0 aliphatic rings. The van der Waals surface area contributed by atoms with Crippen molar-refractivity contribution in [2.75, 3.05) is 0 Å². The van der Waals surface area contributed by atoms with Crippen molar-refractivity contribution in [3.05, 3.63) is 33.0 Å². The zero-order valence-corrected chi connectivity index (χ0v) is 8.48. The molecule has 0 bridgehead atoms. The van der Waals surface area contributed by atoms with E-state index in [4.69, 9.17) is 11.6 Å². The van der Waals surface area contributed by atoms with Gasteiger partial charge < -0.3 is 4.98 Å². The van der Waals surface area contributed by atoms with E-state index in [2.05, 4.69) is 33.6 Å². The average Bonchev–Trinajstić information content (AvgIpc) is 2.27. The minimum Gasteiger partial charge on any atom is -0.350 e. The third-order valence-corrected chi connectivity index (χ3v) is 2.37. The molecule has 0 aliphatic heterocycles. The van der Waals surface area contributed by atoms with E-state index in [1.807, 2.05) is 18.2 Å². The van der Waals surface area contributed by atoms with Crippen LogP contribution < -0.4 is 0 Å². The molecular formula is C8H5ClIN. The van der Waals surface area contributed by atoms with Gasteiger partial charge in [0.2, 0.25) is 0 Å². The predicted octanol–water partition coefficient (Wildman–Crippen LogP) is 3.43. The van der Waals surface area contributed by atoms with E-state index in [1.54, 1.807) is 0 Å². The highest BCUT2D eigenvalue weighted by atomic mass is 127. The van der Waals surface area contributed by atoms with Gasteiger partial charge in [0.1, 0.15) is 0 Å². The van der Waals surface area contributed by atoms with Crippen molar-refractivity contribution in [2.45, 2.75) is 0 Å². The lowest BCUT2D eigenvalue weighted by Crippen LogP contribution is -1.67. The first-order chi connectivity index (χ1) is 5.25. The van der Waals surface area contributed by atoms with Gasteiger partial charge >= 0.3 is 0 Å². The van der Waals surface area contributed by atoms with E-state index in [9.17, 15) is 0 Å². The number of hydrogen-bond acceptors (Lipinski definition) is 0. The summed E-state index contributed by atoms with van der Waals surface area (Å²) in [7, 11) is 0. The lowest BCUT2D eigenvalue weighted by Gasteiger charge is -1.88. The smallest absolute Gasteiger partial charge is 0.0782 e. The molecule has 11 heavy (non-hydrogen) atoms. The molecule has 1 aromatic carbocycles. The van der Waals surface area contributed by atoms with Crippen LogP contribution in [0.4, 0.5) is 0 Å². The molecule has 1 aromatic heterocycles. The fraction of sp³-hybridized carbons (Fsp3) is 0. The van der Waals surface area contributed by atoms with Gasteiger partial charge in [-0.1, -0.05) is 17.7 Å². The van der Waals surface area contributed by atoms with Gasteiger partial charge in [-0.05, 0) is 40.8 Å². The first kappa shape index (κ1) is 7.43. The van der Waals surface area contributed by atoms with E-state index in [0.717, 1.165) is 14.2 Å². The average molecular weight is 277 g/mol. The maximum atomic E-state index is 5.81. The Kier molecular flexibility index (Phi) is 1.81. The molecule has 0 radical (unpaired) electrons. The maximum Gasteiger partial charge on any atom is 0.0782 e. The lowest BCUT2D eigenvalue weighted by molar-refractivity contribution is 1.41. The predicted molar refractivity (Wildman–Crippen MR) is 56.0 cm³/mol. The molecule has 0 fully saturated rings. The minimum atomic E-state index is 0.774. The van der Waals surface area contributed by atoms with Crippen LogP contribution in [0.25, 0.3) is 10.9 Å². The summed E-state index contributed by atoms with van der Waals surface area (Å²) in [5.74, 6) is 0. The first-order valence-electron chi connectivity index (χ1n) is 3.19. The van der Waals surface area contributed by atoms with Gasteiger partial charge in [-0.25, -0.2) is 0 Å². The van der Waals surface area contributed by atoms with Crippen molar-refractivity contribution in [1.29, 1.82) is 0 Å². The largest absolute Gasteiger partial charge is 0.350 e. The second-order valence-electron chi connectivity index (χ2n) is 2.35. The highest BCUT2D eigenvalue weighted by molar-refractivity contribution is 14.1. The summed E-state index contributed by atoms with van der Waals surface area (Å²) in [5, 5.41) is 1.98. The molecule has 3 heteroatoms. The summed E-state index contributed by atoms with van der Waals surface area (Å²) in [6.45, 7) is 0. The van der Waals surface area contributed by atoms with E-state index in [-0.39, 0.29) is 0 Å². The highest BCUT2D eigenvalue weighted by Crippen LogP contribution is 2.20. The van der Waals surface area contributed by atoms with Gasteiger partial charge in [0, 0.05) is 15.9 Å². The summed E-state index contributed by atoms with van der Waals surface area (Å²) >= 11 is 8.05. The van der Waals surface area contributed by atoms with E-state index in [1.165, 1.54) is 5.39 Å². The summed E-state index contributed by atoms with van der Waals surface area (Å²) < 4.78 is 1.14. The van der Waals surface area contributed by atoms with Crippen LogP contribution in [0.2, 0.25) is 5.02 Å². The fourth-order valence-corrected chi connectivity index (χ4v) is 1.86. The Morgan fingerprint density at radius 1 is 1.27 bits per heavy atom. The van der Waals surface area contributed by atoms with Gasteiger partial charge in [-0.15, -0.1) is 0 Å². The number of hydrogen-bond donors (Lipinski definition) is 1. The molecule has 0 saturated heterocycles. The molecule has 1 heterocycles. The standard InChI is InChI=1S/C8H5ClIN/c9-6-2-1-5-3-8(10)11-7(5)4-6/h1-4,11H. The molecule has 1 N–H and O–H groups in total. The SMILES string of the molecule is Clc1ccc2cc(I)[nH]c2c1. The van der Waals surface area contributed by atoms with Crippen LogP contribution >= 0.6 is 34.2 Å². The second kappa shape index (κ2) is 2.68. The Hall–Kier alpha value is -0.220. The number of H-pyrrole nitrogens is 1. The zero-order chi connectivity index (χ0) is 7.84. The summed E-state index contributed by atoms with van der Waals surface area (Å²) in [6, 6.07) is 7.93. The topological polar surface area (TPSA) is 15.8 Å². The number of halogens is 2. The van der Waals surface area contributed by atoms with Crippen LogP contribution in [0.1, 0.15) is 0 Å². The minimum absolute atomic E-state index is 0.774. The van der Waals surface area contributed by atoms with Crippen LogP contribution in [0.15, 0.2) is 24.3 Å².